The number of carboxylic acid groups (broad SMARTS) is 1. The first-order valence-electron chi connectivity index (χ1n) is 6.42. The second-order valence-corrected chi connectivity index (χ2v) is 7.05. The number of nitrogens with zero attached hydrogens (tertiary/aromatic N) is 2. The van der Waals surface area contributed by atoms with Gasteiger partial charge in [-0.15, -0.1) is 0 Å². The second kappa shape index (κ2) is 6.74. The summed E-state index contributed by atoms with van der Waals surface area (Å²) in [7, 11) is -3.37. The Bertz CT molecular complexity index is 532. The molecular weight excluding hydrogens is 302 g/mol. The zero-order chi connectivity index (χ0) is 16.2. The number of amides is 3. The van der Waals surface area contributed by atoms with Gasteiger partial charge in [0.1, 0.15) is 6.54 Å². The molecule has 1 atom stereocenters. The Hall–Kier alpha value is -1.84. The van der Waals surface area contributed by atoms with E-state index in [2.05, 4.69) is 0 Å². The number of urea groups is 1. The zero-order valence-electron chi connectivity index (χ0n) is 11.7. The maximum absolute atomic E-state index is 12.3. The Morgan fingerprint density at radius 1 is 1.38 bits per heavy atom. The topological polar surface area (TPSA) is 138 Å². The molecule has 1 saturated heterocycles. The number of likely N-dealkylation sites (N-methyl/N-ethyl adjacent to an activating group) is 1. The number of nitrogens with two attached hydrogens (primary N) is 1. The van der Waals surface area contributed by atoms with Crippen LogP contribution in [0.1, 0.15) is 13.3 Å². The van der Waals surface area contributed by atoms with E-state index < -0.39 is 40.2 Å². The van der Waals surface area contributed by atoms with Crippen molar-refractivity contribution in [2.24, 2.45) is 5.73 Å². The lowest BCUT2D eigenvalue weighted by atomic mass is 10.2. The van der Waals surface area contributed by atoms with Crippen LogP contribution >= 0.6 is 0 Å². The fourth-order valence-corrected chi connectivity index (χ4v) is 3.72. The number of primary amides is 1. The fraction of sp³-hybridized carbons (Fsp3) is 0.727. The van der Waals surface area contributed by atoms with Gasteiger partial charge in [-0.1, -0.05) is 0 Å². The van der Waals surface area contributed by atoms with Crippen molar-refractivity contribution in [3.63, 3.8) is 0 Å². The summed E-state index contributed by atoms with van der Waals surface area (Å²) in [6.07, 6.45) is -0.459. The molecule has 120 valence electrons. The van der Waals surface area contributed by atoms with Crippen LogP contribution in [0.15, 0.2) is 0 Å². The van der Waals surface area contributed by atoms with E-state index >= 15 is 0 Å². The highest BCUT2D eigenvalue weighted by atomic mass is 32.2. The van der Waals surface area contributed by atoms with E-state index in [1.807, 2.05) is 0 Å². The number of carbonyl (C=O) groups is 3. The summed E-state index contributed by atoms with van der Waals surface area (Å²) in [4.78, 5) is 36.5. The standard InChI is InChI=1S/C11H19N3O6S/c1-2-13(6-9(12)15)11(18)14-3-4-21(19,20)7-8(14)5-10(16)17/h8H,2-7H2,1H3,(H2,12,15)(H,16,17). The molecule has 9 nitrogen and oxygen atoms in total. The van der Waals surface area contributed by atoms with Crippen molar-refractivity contribution in [1.29, 1.82) is 0 Å². The molecule has 3 N–H and O–H groups in total. The Kier molecular flexibility index (Phi) is 5.53. The average Bonchev–Trinajstić information content (AvgIpc) is 2.33. The van der Waals surface area contributed by atoms with E-state index in [1.54, 1.807) is 6.92 Å². The third-order valence-electron chi connectivity index (χ3n) is 3.19. The normalized spacial score (nSPS) is 20.8. The Morgan fingerprint density at radius 2 is 2.00 bits per heavy atom. The number of hydrogen-bond donors (Lipinski definition) is 2. The predicted molar refractivity (Wildman–Crippen MR) is 73.2 cm³/mol. The van der Waals surface area contributed by atoms with Crippen molar-refractivity contribution in [3.05, 3.63) is 0 Å². The third-order valence-corrected chi connectivity index (χ3v) is 4.88. The minimum Gasteiger partial charge on any atom is -0.481 e. The smallest absolute Gasteiger partial charge is 0.320 e. The summed E-state index contributed by atoms with van der Waals surface area (Å²) in [5.74, 6) is -2.49. The summed E-state index contributed by atoms with van der Waals surface area (Å²) in [6.45, 7) is 1.48. The van der Waals surface area contributed by atoms with Gasteiger partial charge in [0.25, 0.3) is 0 Å². The number of carbonyl (C=O) groups excluding carboxylic acids is 2. The molecule has 0 radical (unpaired) electrons. The van der Waals surface area contributed by atoms with Crippen LogP contribution in [0.3, 0.4) is 0 Å². The molecule has 0 saturated carbocycles. The van der Waals surface area contributed by atoms with E-state index in [0.717, 1.165) is 4.90 Å². The Morgan fingerprint density at radius 3 is 2.48 bits per heavy atom. The zero-order valence-corrected chi connectivity index (χ0v) is 12.5. The summed E-state index contributed by atoms with van der Waals surface area (Å²) >= 11 is 0. The van der Waals surface area contributed by atoms with E-state index in [-0.39, 0.29) is 31.1 Å². The van der Waals surface area contributed by atoms with Gasteiger partial charge in [0, 0.05) is 13.1 Å². The average molecular weight is 321 g/mol. The van der Waals surface area contributed by atoms with Crippen LogP contribution in [0.4, 0.5) is 4.79 Å². The van der Waals surface area contributed by atoms with E-state index in [0.29, 0.717) is 0 Å². The van der Waals surface area contributed by atoms with Crippen LogP contribution in [0.2, 0.25) is 0 Å². The highest BCUT2D eigenvalue weighted by Gasteiger charge is 2.37. The Balaban J connectivity index is 2.92. The molecular formula is C11H19N3O6S. The summed E-state index contributed by atoms with van der Waals surface area (Å²) in [5, 5.41) is 8.86. The lowest BCUT2D eigenvalue weighted by Crippen LogP contribution is -2.56. The molecule has 21 heavy (non-hydrogen) atoms. The van der Waals surface area contributed by atoms with Crippen molar-refractivity contribution in [2.45, 2.75) is 19.4 Å². The molecule has 1 unspecified atom stereocenters. The number of rotatable bonds is 5. The number of sulfone groups is 1. The van der Waals surface area contributed by atoms with Crippen molar-refractivity contribution in [1.82, 2.24) is 9.80 Å². The van der Waals surface area contributed by atoms with E-state index in [9.17, 15) is 22.8 Å². The molecule has 1 aliphatic rings. The van der Waals surface area contributed by atoms with Gasteiger partial charge < -0.3 is 20.6 Å². The number of carboxylic acids is 1. The van der Waals surface area contributed by atoms with Crippen LogP contribution in [-0.4, -0.2) is 78.4 Å². The monoisotopic (exact) mass is 321 g/mol. The quantitative estimate of drug-likeness (QED) is 0.631. The van der Waals surface area contributed by atoms with Gasteiger partial charge in [0.15, 0.2) is 9.84 Å². The van der Waals surface area contributed by atoms with Crippen LogP contribution in [0, 0.1) is 0 Å². The lowest BCUT2D eigenvalue weighted by Gasteiger charge is -2.37. The highest BCUT2D eigenvalue weighted by molar-refractivity contribution is 7.91. The first-order chi connectivity index (χ1) is 9.66. The van der Waals surface area contributed by atoms with Crippen molar-refractivity contribution < 1.29 is 27.9 Å². The molecule has 3 amide bonds. The van der Waals surface area contributed by atoms with Gasteiger partial charge in [-0.3, -0.25) is 9.59 Å². The van der Waals surface area contributed by atoms with Gasteiger partial charge in [-0.25, -0.2) is 13.2 Å². The SMILES string of the molecule is CCN(CC(N)=O)C(=O)N1CCS(=O)(=O)CC1CC(=O)O. The van der Waals surface area contributed by atoms with Crippen LogP contribution in [-0.2, 0) is 19.4 Å². The van der Waals surface area contributed by atoms with Crippen molar-refractivity contribution in [3.8, 4) is 0 Å². The molecule has 1 rings (SSSR count). The maximum Gasteiger partial charge on any atom is 0.320 e. The summed E-state index contributed by atoms with van der Waals surface area (Å²) in [5.41, 5.74) is 5.05. The van der Waals surface area contributed by atoms with Crippen LogP contribution in [0.5, 0.6) is 0 Å². The minimum absolute atomic E-state index is 0.0889. The fourth-order valence-electron chi connectivity index (χ4n) is 2.19. The van der Waals surface area contributed by atoms with Crippen molar-refractivity contribution >= 4 is 27.7 Å². The van der Waals surface area contributed by atoms with Crippen LogP contribution in [0.25, 0.3) is 0 Å². The first-order valence-corrected chi connectivity index (χ1v) is 8.24. The highest BCUT2D eigenvalue weighted by Crippen LogP contribution is 2.17. The van der Waals surface area contributed by atoms with Crippen LogP contribution < -0.4 is 5.73 Å². The second-order valence-electron chi connectivity index (χ2n) is 4.82. The molecule has 1 aliphatic heterocycles. The lowest BCUT2D eigenvalue weighted by molar-refractivity contribution is -0.138. The van der Waals surface area contributed by atoms with E-state index in [1.165, 1.54) is 4.90 Å². The molecule has 0 spiro atoms. The third kappa shape index (κ3) is 4.88. The van der Waals surface area contributed by atoms with Gasteiger partial charge in [0.2, 0.25) is 5.91 Å². The van der Waals surface area contributed by atoms with E-state index in [4.69, 9.17) is 10.8 Å². The molecule has 0 aliphatic carbocycles. The first kappa shape index (κ1) is 17.2. The van der Waals surface area contributed by atoms with Gasteiger partial charge in [0.05, 0.1) is 24.0 Å². The maximum atomic E-state index is 12.3. The van der Waals surface area contributed by atoms with Gasteiger partial charge in [-0.05, 0) is 6.92 Å². The van der Waals surface area contributed by atoms with Crippen molar-refractivity contribution in [2.75, 3.05) is 31.1 Å². The summed E-state index contributed by atoms with van der Waals surface area (Å²) < 4.78 is 23.2. The molecule has 0 aromatic rings. The number of hydrogen-bond acceptors (Lipinski definition) is 5. The predicted octanol–water partition coefficient (Wildman–Crippen LogP) is -1.51. The molecule has 0 bridgehead atoms. The summed E-state index contributed by atoms with van der Waals surface area (Å²) in [6, 6.07) is -1.51. The molecule has 0 aromatic carbocycles. The molecule has 0 aromatic heterocycles. The van der Waals surface area contributed by atoms with Gasteiger partial charge in [-0.2, -0.15) is 0 Å². The largest absolute Gasteiger partial charge is 0.481 e. The molecule has 1 fully saturated rings. The molecule has 10 heteroatoms. The minimum atomic E-state index is -3.37. The molecule has 1 heterocycles. The number of aliphatic carboxylic acids is 1. The van der Waals surface area contributed by atoms with Gasteiger partial charge >= 0.3 is 12.0 Å². The Labute approximate surface area is 122 Å².